The molecule has 0 amide bonds. The van der Waals surface area contributed by atoms with Gasteiger partial charge in [0.2, 0.25) is 0 Å². The number of hydrogen-bond donors (Lipinski definition) is 2. The van der Waals surface area contributed by atoms with Crippen LogP contribution in [-0.4, -0.2) is 10.2 Å². The van der Waals surface area contributed by atoms with Crippen molar-refractivity contribution in [2.75, 3.05) is 0 Å². The Balaban J connectivity index is 1.40. The van der Waals surface area contributed by atoms with Crippen LogP contribution in [0.15, 0.2) is 158 Å². The Morgan fingerprint density at radius 3 is 0.933 bits per heavy atom. The van der Waals surface area contributed by atoms with Gasteiger partial charge in [0.1, 0.15) is 25.8 Å². The van der Waals surface area contributed by atoms with Gasteiger partial charge in [-0.2, -0.15) is 0 Å². The average Bonchev–Trinajstić information content (AvgIpc) is 3.29. The van der Waals surface area contributed by atoms with Crippen LogP contribution in [0.25, 0.3) is 32.7 Å². The molecule has 6 heteroatoms. The normalized spacial score (nSPS) is 12.0. The van der Waals surface area contributed by atoms with Crippen molar-refractivity contribution in [2.45, 2.75) is 65.7 Å². The van der Waals surface area contributed by atoms with E-state index in [9.17, 15) is 10.2 Å². The summed E-state index contributed by atoms with van der Waals surface area (Å²) in [5.74, 6) is -0.0457. The lowest BCUT2D eigenvalue weighted by atomic mass is 9.89. The third kappa shape index (κ3) is 7.21. The maximum Gasteiger partial charge on any atom is 0.148 e. The van der Waals surface area contributed by atoms with Crippen molar-refractivity contribution < 1.29 is 19.3 Å². The fourth-order valence-corrected chi connectivity index (χ4v) is 16.0. The minimum atomic E-state index is -3.41. The van der Waals surface area contributed by atoms with Gasteiger partial charge in [0.15, 0.2) is 0 Å². The van der Waals surface area contributed by atoms with E-state index in [1.165, 1.54) is 0 Å². The standard InChI is InChI=1S/C54H52O4P2/c1-5-37-21-11-17-29-47(37)59(57,48-30-18-12-22-38(48)6-2)35-43-33-41-25-9-15-27-45(41)51(53(43)55)52-46-28-16-10-26-42(46)34-44(54(52)56)36-60(58,49-31-19-13-23-39(49)7-3)50-32-20-14-24-40(50)8-4/h9-34,55-56H,5-8,35-36H2,1-4H3. The molecule has 0 aliphatic heterocycles. The first-order valence-corrected chi connectivity index (χ1v) is 24.9. The van der Waals surface area contributed by atoms with E-state index >= 15 is 9.13 Å². The van der Waals surface area contributed by atoms with E-state index in [2.05, 4.69) is 52.0 Å². The van der Waals surface area contributed by atoms with E-state index < -0.39 is 14.3 Å². The van der Waals surface area contributed by atoms with Crippen LogP contribution < -0.4 is 21.2 Å². The first kappa shape index (κ1) is 41.1. The third-order valence-corrected chi connectivity index (χ3v) is 18.7. The lowest BCUT2D eigenvalue weighted by Crippen LogP contribution is -2.23. The molecule has 0 unspecified atom stereocenters. The molecule has 8 aromatic rings. The maximum absolute atomic E-state index is 16.2. The molecule has 60 heavy (non-hydrogen) atoms. The Morgan fingerprint density at radius 2 is 0.633 bits per heavy atom. The molecule has 0 aliphatic rings. The SMILES string of the molecule is CCc1ccccc1P(=O)(Cc1cc2ccccc2c(-c2c(O)c(CP(=O)(c3ccccc3CC)c3ccccc3CC)cc3ccccc23)c1O)c1ccccc1CC. The first-order chi connectivity index (χ1) is 29.2. The average molecular weight is 827 g/mol. The van der Waals surface area contributed by atoms with Crippen LogP contribution in [0.4, 0.5) is 0 Å². The molecule has 0 aliphatic carbocycles. The first-order valence-electron chi connectivity index (χ1n) is 21.2. The Hall–Kier alpha value is -5.66. The Labute approximate surface area is 354 Å². The zero-order valence-electron chi connectivity index (χ0n) is 34.9. The van der Waals surface area contributed by atoms with Gasteiger partial charge >= 0.3 is 0 Å². The predicted octanol–water partition coefficient (Wildman–Crippen LogP) is 12.3. The summed E-state index contributed by atoms with van der Waals surface area (Å²) in [5.41, 5.74) is 6.08. The number of phenolic OH excluding ortho intramolecular Hbond substituents is 2. The van der Waals surface area contributed by atoms with Crippen molar-refractivity contribution in [1.29, 1.82) is 0 Å². The largest absolute Gasteiger partial charge is 0.507 e. The Morgan fingerprint density at radius 1 is 0.367 bits per heavy atom. The molecule has 0 saturated heterocycles. The zero-order valence-corrected chi connectivity index (χ0v) is 36.6. The number of benzene rings is 8. The van der Waals surface area contributed by atoms with E-state index in [1.807, 2.05) is 133 Å². The summed E-state index contributed by atoms with van der Waals surface area (Å²) < 4.78 is 32.3. The van der Waals surface area contributed by atoms with Crippen molar-refractivity contribution in [2.24, 2.45) is 0 Å². The summed E-state index contributed by atoms with van der Waals surface area (Å²) in [6, 6.07) is 51.6. The van der Waals surface area contributed by atoms with Crippen LogP contribution >= 0.6 is 14.3 Å². The molecule has 0 heterocycles. The summed E-state index contributed by atoms with van der Waals surface area (Å²) in [5, 5.41) is 32.1. The van der Waals surface area contributed by atoms with Crippen molar-refractivity contribution in [3.8, 4) is 22.6 Å². The van der Waals surface area contributed by atoms with Gasteiger partial charge in [-0.15, -0.1) is 0 Å². The molecule has 8 rings (SSSR count). The third-order valence-electron chi connectivity index (χ3n) is 12.3. The van der Waals surface area contributed by atoms with Gasteiger partial charge in [-0.05, 0) is 81.6 Å². The monoisotopic (exact) mass is 826 g/mol. The van der Waals surface area contributed by atoms with Gasteiger partial charge in [0.25, 0.3) is 0 Å². The van der Waals surface area contributed by atoms with E-state index in [4.69, 9.17) is 0 Å². The summed E-state index contributed by atoms with van der Waals surface area (Å²) in [7, 11) is -6.82. The smallest absolute Gasteiger partial charge is 0.148 e. The fourth-order valence-electron chi connectivity index (χ4n) is 9.27. The summed E-state index contributed by atoms with van der Waals surface area (Å²) >= 11 is 0. The summed E-state index contributed by atoms with van der Waals surface area (Å²) in [6.07, 6.45) is 3.02. The summed E-state index contributed by atoms with van der Waals surface area (Å²) in [6.45, 7) is 8.34. The van der Waals surface area contributed by atoms with Gasteiger partial charge in [0.05, 0.1) is 0 Å². The molecule has 8 aromatic carbocycles. The lowest BCUT2D eigenvalue weighted by Gasteiger charge is -2.27. The van der Waals surface area contributed by atoms with Crippen LogP contribution in [-0.2, 0) is 47.1 Å². The molecule has 0 aromatic heterocycles. The lowest BCUT2D eigenvalue weighted by molar-refractivity contribution is 0.465. The number of phenols is 2. The molecule has 0 radical (unpaired) electrons. The number of hydrogen-bond acceptors (Lipinski definition) is 4. The van der Waals surface area contributed by atoms with E-state index in [1.54, 1.807) is 0 Å². The highest BCUT2D eigenvalue weighted by Crippen LogP contribution is 2.56. The molecule has 0 saturated carbocycles. The second-order valence-corrected chi connectivity index (χ2v) is 21.2. The number of fused-ring (bicyclic) bond motifs is 2. The van der Waals surface area contributed by atoms with Crippen molar-refractivity contribution in [3.05, 3.63) is 191 Å². The molecule has 0 spiro atoms. The second-order valence-electron chi connectivity index (χ2n) is 15.7. The van der Waals surface area contributed by atoms with Crippen molar-refractivity contribution in [1.82, 2.24) is 0 Å². The number of rotatable bonds is 13. The van der Waals surface area contributed by atoms with Gasteiger partial charge < -0.3 is 19.3 Å². The van der Waals surface area contributed by atoms with E-state index in [0.29, 0.717) is 47.9 Å². The van der Waals surface area contributed by atoms with Gasteiger partial charge in [-0.1, -0.05) is 173 Å². The highest BCUT2D eigenvalue weighted by Gasteiger charge is 2.36. The van der Waals surface area contributed by atoms with Crippen LogP contribution in [0, 0.1) is 0 Å². The molecule has 0 bridgehead atoms. The minimum Gasteiger partial charge on any atom is -0.507 e. The van der Waals surface area contributed by atoms with Gasteiger partial charge in [0, 0.05) is 55.8 Å². The topological polar surface area (TPSA) is 74.6 Å². The zero-order chi connectivity index (χ0) is 42.0. The Bertz CT molecular complexity index is 2680. The van der Waals surface area contributed by atoms with E-state index in [0.717, 1.165) is 65.0 Å². The molecule has 0 fully saturated rings. The molecule has 4 nitrogen and oxygen atoms in total. The van der Waals surface area contributed by atoms with Crippen LogP contribution in [0.1, 0.15) is 61.1 Å². The number of aromatic hydroxyl groups is 2. The summed E-state index contributed by atoms with van der Waals surface area (Å²) in [4.78, 5) is 0. The van der Waals surface area contributed by atoms with E-state index in [-0.39, 0.29) is 23.8 Å². The highest BCUT2D eigenvalue weighted by molar-refractivity contribution is 7.78. The molecule has 0 atom stereocenters. The molecular weight excluding hydrogens is 775 g/mol. The van der Waals surface area contributed by atoms with Crippen LogP contribution in [0.3, 0.4) is 0 Å². The van der Waals surface area contributed by atoms with Gasteiger partial charge in [-0.25, -0.2) is 0 Å². The van der Waals surface area contributed by atoms with Crippen molar-refractivity contribution >= 4 is 57.0 Å². The minimum absolute atomic E-state index is 0.0228. The fraction of sp³-hybridized carbons (Fsp3) is 0.185. The molecule has 302 valence electrons. The number of aryl methyl sites for hydroxylation is 4. The predicted molar refractivity (Wildman–Crippen MR) is 255 cm³/mol. The van der Waals surface area contributed by atoms with Crippen LogP contribution in [0.2, 0.25) is 0 Å². The maximum atomic E-state index is 16.2. The second kappa shape index (κ2) is 17.1. The quantitative estimate of drug-likeness (QED) is 0.114. The van der Waals surface area contributed by atoms with Crippen molar-refractivity contribution in [3.63, 3.8) is 0 Å². The molecule has 2 N–H and O–H groups in total. The Kier molecular flexibility index (Phi) is 11.7. The van der Waals surface area contributed by atoms with Crippen LogP contribution in [0.5, 0.6) is 11.5 Å². The highest BCUT2D eigenvalue weighted by atomic mass is 31.2. The van der Waals surface area contributed by atoms with Gasteiger partial charge in [-0.3, -0.25) is 0 Å². The molecular formula is C54H52O4P2.